The molecule has 0 radical (unpaired) electrons. The Hall–Kier alpha value is -1.84. The summed E-state index contributed by atoms with van der Waals surface area (Å²) in [5.74, 6) is 1.09. The van der Waals surface area contributed by atoms with Gasteiger partial charge in [0.1, 0.15) is 5.75 Å². The molecule has 0 aromatic heterocycles. The maximum atomic E-state index is 11.7. The maximum Gasteiger partial charge on any atom is 0.122 e. The Bertz CT molecular complexity index is 623. The number of para-hydroxylation sites is 1. The Morgan fingerprint density at radius 3 is 2.39 bits per heavy atom. The lowest BCUT2D eigenvalue weighted by Crippen LogP contribution is -2.43. The van der Waals surface area contributed by atoms with Gasteiger partial charge in [0.25, 0.3) is 0 Å². The van der Waals surface area contributed by atoms with Crippen molar-refractivity contribution < 1.29 is 9.84 Å². The van der Waals surface area contributed by atoms with E-state index in [4.69, 9.17) is 4.74 Å². The highest BCUT2D eigenvalue weighted by Crippen LogP contribution is 2.39. The summed E-state index contributed by atoms with van der Waals surface area (Å²) in [7, 11) is 1.69. The number of rotatable bonds is 5. The summed E-state index contributed by atoms with van der Waals surface area (Å²) in [5, 5.41) is 15.1. The molecule has 1 fully saturated rings. The van der Waals surface area contributed by atoms with Crippen molar-refractivity contribution >= 4 is 0 Å². The predicted molar refractivity (Wildman–Crippen MR) is 92.6 cm³/mol. The number of aliphatic hydroxyl groups is 1. The minimum atomic E-state index is -0.863. The van der Waals surface area contributed by atoms with E-state index in [0.29, 0.717) is 6.42 Å². The monoisotopic (exact) mass is 311 g/mol. The van der Waals surface area contributed by atoms with Gasteiger partial charge in [-0.3, -0.25) is 0 Å². The molecule has 23 heavy (non-hydrogen) atoms. The molecule has 3 nitrogen and oxygen atoms in total. The van der Waals surface area contributed by atoms with Crippen LogP contribution < -0.4 is 10.1 Å². The van der Waals surface area contributed by atoms with E-state index < -0.39 is 5.60 Å². The van der Waals surface area contributed by atoms with E-state index in [9.17, 15) is 5.11 Å². The van der Waals surface area contributed by atoms with Crippen molar-refractivity contribution in [1.29, 1.82) is 0 Å². The lowest BCUT2D eigenvalue weighted by Gasteiger charge is -2.39. The summed E-state index contributed by atoms with van der Waals surface area (Å²) in [6, 6.07) is 18.1. The third-order valence-corrected chi connectivity index (χ3v) is 4.94. The summed E-state index contributed by atoms with van der Waals surface area (Å²) in [6.07, 6.45) is 2.55. The Kier molecular flexibility index (Phi) is 4.99. The molecule has 1 heterocycles. The van der Waals surface area contributed by atoms with Crippen LogP contribution in [0.2, 0.25) is 0 Å². The first-order valence-corrected chi connectivity index (χ1v) is 8.34. The van der Waals surface area contributed by atoms with Crippen molar-refractivity contribution in [3.05, 3.63) is 65.7 Å². The zero-order valence-corrected chi connectivity index (χ0v) is 13.7. The topological polar surface area (TPSA) is 41.5 Å². The predicted octanol–water partition coefficient (Wildman–Crippen LogP) is 3.13. The molecule has 1 saturated heterocycles. The van der Waals surface area contributed by atoms with Crippen LogP contribution in [-0.4, -0.2) is 25.3 Å². The summed E-state index contributed by atoms with van der Waals surface area (Å²) in [4.78, 5) is 0. The van der Waals surface area contributed by atoms with Crippen molar-refractivity contribution in [3.8, 4) is 5.75 Å². The number of benzene rings is 2. The SMILES string of the molecule is COc1ccccc1CC(O)(c1ccccc1)C1CCNCC1. The number of hydrogen-bond acceptors (Lipinski definition) is 3. The number of ether oxygens (including phenoxy) is 1. The molecule has 3 heteroatoms. The number of nitrogens with one attached hydrogen (secondary N) is 1. The van der Waals surface area contributed by atoms with Gasteiger partial charge in [-0.25, -0.2) is 0 Å². The van der Waals surface area contributed by atoms with Gasteiger partial charge in [0.15, 0.2) is 0 Å². The van der Waals surface area contributed by atoms with Gasteiger partial charge in [-0.15, -0.1) is 0 Å². The molecule has 0 saturated carbocycles. The minimum absolute atomic E-state index is 0.246. The highest BCUT2D eigenvalue weighted by atomic mass is 16.5. The average molecular weight is 311 g/mol. The standard InChI is InChI=1S/C20H25NO2/c1-23-19-10-6-5-7-16(19)15-20(22,17-8-3-2-4-9-17)18-11-13-21-14-12-18/h2-10,18,21-22H,11-15H2,1H3. The molecular weight excluding hydrogens is 286 g/mol. The summed E-state index contributed by atoms with van der Waals surface area (Å²) >= 11 is 0. The van der Waals surface area contributed by atoms with Crippen LogP contribution in [0, 0.1) is 5.92 Å². The van der Waals surface area contributed by atoms with Gasteiger partial charge in [-0.05, 0) is 49.0 Å². The van der Waals surface area contributed by atoms with Crippen LogP contribution in [0.15, 0.2) is 54.6 Å². The molecule has 0 spiro atoms. The molecule has 122 valence electrons. The molecular formula is C20H25NO2. The first-order valence-electron chi connectivity index (χ1n) is 8.34. The van der Waals surface area contributed by atoms with Crippen LogP contribution in [-0.2, 0) is 12.0 Å². The van der Waals surface area contributed by atoms with Crippen LogP contribution in [0.25, 0.3) is 0 Å². The highest BCUT2D eigenvalue weighted by molar-refractivity contribution is 5.37. The maximum absolute atomic E-state index is 11.7. The average Bonchev–Trinajstić information content (AvgIpc) is 2.63. The largest absolute Gasteiger partial charge is 0.496 e. The van der Waals surface area contributed by atoms with Gasteiger partial charge in [-0.1, -0.05) is 48.5 Å². The Morgan fingerprint density at radius 2 is 1.70 bits per heavy atom. The van der Waals surface area contributed by atoms with Crippen LogP contribution >= 0.6 is 0 Å². The second-order valence-electron chi connectivity index (χ2n) is 6.30. The van der Waals surface area contributed by atoms with E-state index in [0.717, 1.165) is 42.8 Å². The fourth-order valence-corrected chi connectivity index (χ4v) is 3.65. The molecule has 0 aliphatic carbocycles. The van der Waals surface area contributed by atoms with E-state index in [2.05, 4.69) is 5.32 Å². The first-order chi connectivity index (χ1) is 11.2. The molecule has 0 bridgehead atoms. The molecule has 2 aromatic carbocycles. The Labute approximate surface area is 138 Å². The van der Waals surface area contributed by atoms with Crippen molar-refractivity contribution in [2.45, 2.75) is 24.9 Å². The molecule has 1 aliphatic heterocycles. The van der Waals surface area contributed by atoms with Crippen LogP contribution in [0.4, 0.5) is 0 Å². The quantitative estimate of drug-likeness (QED) is 0.891. The van der Waals surface area contributed by atoms with Gasteiger partial charge < -0.3 is 15.2 Å². The Morgan fingerprint density at radius 1 is 1.04 bits per heavy atom. The molecule has 3 rings (SSSR count). The van der Waals surface area contributed by atoms with Crippen molar-refractivity contribution in [3.63, 3.8) is 0 Å². The van der Waals surface area contributed by atoms with Crippen molar-refractivity contribution in [2.75, 3.05) is 20.2 Å². The zero-order chi connectivity index (χ0) is 16.1. The van der Waals surface area contributed by atoms with E-state index in [-0.39, 0.29) is 5.92 Å². The highest BCUT2D eigenvalue weighted by Gasteiger charge is 2.39. The number of methoxy groups -OCH3 is 1. The Balaban J connectivity index is 1.98. The van der Waals surface area contributed by atoms with E-state index in [1.54, 1.807) is 7.11 Å². The fourth-order valence-electron chi connectivity index (χ4n) is 3.65. The molecule has 1 aliphatic rings. The van der Waals surface area contributed by atoms with Crippen LogP contribution in [0.1, 0.15) is 24.0 Å². The molecule has 2 aromatic rings. The van der Waals surface area contributed by atoms with Crippen LogP contribution in [0.3, 0.4) is 0 Å². The second kappa shape index (κ2) is 7.16. The van der Waals surface area contributed by atoms with E-state index in [1.807, 2.05) is 54.6 Å². The van der Waals surface area contributed by atoms with Gasteiger partial charge in [-0.2, -0.15) is 0 Å². The lowest BCUT2D eigenvalue weighted by molar-refractivity contribution is -0.0363. The first kappa shape index (κ1) is 16.0. The van der Waals surface area contributed by atoms with Gasteiger partial charge >= 0.3 is 0 Å². The number of piperidine rings is 1. The lowest BCUT2D eigenvalue weighted by atomic mass is 9.73. The second-order valence-corrected chi connectivity index (χ2v) is 6.30. The normalized spacial score (nSPS) is 18.3. The van der Waals surface area contributed by atoms with Gasteiger partial charge in [0.05, 0.1) is 12.7 Å². The third kappa shape index (κ3) is 3.41. The third-order valence-electron chi connectivity index (χ3n) is 4.94. The minimum Gasteiger partial charge on any atom is -0.496 e. The van der Waals surface area contributed by atoms with E-state index in [1.165, 1.54) is 0 Å². The van der Waals surface area contributed by atoms with E-state index >= 15 is 0 Å². The summed E-state index contributed by atoms with van der Waals surface area (Å²) < 4.78 is 5.49. The molecule has 1 unspecified atom stereocenters. The fraction of sp³-hybridized carbons (Fsp3) is 0.400. The van der Waals surface area contributed by atoms with Gasteiger partial charge in [0.2, 0.25) is 0 Å². The zero-order valence-electron chi connectivity index (χ0n) is 13.7. The van der Waals surface area contributed by atoms with Crippen LogP contribution in [0.5, 0.6) is 5.75 Å². The molecule has 0 amide bonds. The molecule has 1 atom stereocenters. The summed E-state index contributed by atoms with van der Waals surface area (Å²) in [5.41, 5.74) is 1.19. The number of hydrogen-bond donors (Lipinski definition) is 2. The van der Waals surface area contributed by atoms with Gasteiger partial charge in [0, 0.05) is 6.42 Å². The van der Waals surface area contributed by atoms with Crippen molar-refractivity contribution in [1.82, 2.24) is 5.32 Å². The summed E-state index contributed by atoms with van der Waals surface area (Å²) in [6.45, 7) is 1.93. The molecule has 2 N–H and O–H groups in total. The smallest absolute Gasteiger partial charge is 0.122 e. The van der Waals surface area contributed by atoms with Crippen molar-refractivity contribution in [2.24, 2.45) is 5.92 Å².